The molecule has 1 fully saturated rings. The molecule has 1 saturated heterocycles. The lowest BCUT2D eigenvalue weighted by Gasteiger charge is -2.34. The number of alkyl halides is 1. The number of aryl methyl sites for hydroxylation is 1. The maximum atomic E-state index is 15.8. The Morgan fingerprint density at radius 3 is 2.61 bits per heavy atom. The smallest absolute Gasteiger partial charge is 0.403 e. The minimum absolute atomic E-state index is 0.0815. The van der Waals surface area contributed by atoms with Crippen molar-refractivity contribution in [2.45, 2.75) is 90.7 Å². The van der Waals surface area contributed by atoms with Crippen LogP contribution in [-0.2, 0) is 30.4 Å². The van der Waals surface area contributed by atoms with Crippen molar-refractivity contribution in [2.75, 3.05) is 6.61 Å². The van der Waals surface area contributed by atoms with Gasteiger partial charge in [0.15, 0.2) is 11.0 Å². The van der Waals surface area contributed by atoms with Crippen LogP contribution in [0.2, 0.25) is 0 Å². The highest BCUT2D eigenvalue weighted by Crippen LogP contribution is 2.58. The van der Waals surface area contributed by atoms with E-state index < -0.39 is 44.3 Å². The molecular formula is C25H34FN2O8PS. The molecule has 38 heavy (non-hydrogen) atoms. The Labute approximate surface area is 225 Å². The molecule has 0 spiro atoms. The van der Waals surface area contributed by atoms with E-state index in [1.807, 2.05) is 33.8 Å². The molecule has 10 nitrogen and oxygen atoms in total. The number of hydrogen-bond donors (Lipinski definition) is 3. The molecule has 0 bridgehead atoms. The van der Waals surface area contributed by atoms with Crippen molar-refractivity contribution in [2.24, 2.45) is 0 Å². The second kappa shape index (κ2) is 9.92. The molecule has 5 atom stereocenters. The quantitative estimate of drug-likeness (QED) is 0.348. The number of phosphoric ester groups is 1. The van der Waals surface area contributed by atoms with Crippen LogP contribution < -0.4 is 10.1 Å². The molecule has 0 aliphatic carbocycles. The number of benzene rings is 1. The first kappa shape index (κ1) is 29.1. The maximum Gasteiger partial charge on any atom is 0.530 e. The van der Waals surface area contributed by atoms with E-state index in [0.717, 1.165) is 26.8 Å². The number of aromatic nitrogens is 2. The topological polar surface area (TPSA) is 132 Å². The maximum absolute atomic E-state index is 15.8. The zero-order valence-electron chi connectivity index (χ0n) is 22.4. The van der Waals surface area contributed by atoms with Gasteiger partial charge in [0.2, 0.25) is 0 Å². The van der Waals surface area contributed by atoms with Crippen molar-refractivity contribution >= 4 is 20.0 Å². The predicted octanol–water partition coefficient (Wildman–Crippen LogP) is 4.59. The summed E-state index contributed by atoms with van der Waals surface area (Å²) in [6.45, 7) is 12.4. The molecule has 2 aliphatic rings. The highest BCUT2D eigenvalue weighted by molar-refractivity contribution is 7.71. The SMILES string of the molecule is Cc1c(C(C)C)cc(C(C)(C)C)c2c1COP(=O)(OC[C@@]1(F)O[C@@H](n3cc(C)c(=O)[nH]c3=S)[C@H](O)[C@@H]1O)O2. The number of aromatic amines is 1. The lowest BCUT2D eigenvalue weighted by Crippen LogP contribution is -2.43. The Hall–Kier alpha value is -1.92. The van der Waals surface area contributed by atoms with Crippen molar-refractivity contribution in [3.05, 3.63) is 55.2 Å². The number of phosphoric acid groups is 1. The Bertz CT molecular complexity index is 1420. The number of nitrogens with zero attached hydrogens (tertiary/aromatic N) is 1. The molecule has 3 N–H and O–H groups in total. The molecule has 1 aromatic carbocycles. The van der Waals surface area contributed by atoms with Gasteiger partial charge in [-0.2, -0.15) is 0 Å². The van der Waals surface area contributed by atoms with Gasteiger partial charge in [0.25, 0.3) is 11.4 Å². The van der Waals surface area contributed by atoms with Crippen molar-refractivity contribution in [1.82, 2.24) is 9.55 Å². The fourth-order valence-electron chi connectivity index (χ4n) is 4.65. The summed E-state index contributed by atoms with van der Waals surface area (Å²) in [5.74, 6) is -2.39. The summed E-state index contributed by atoms with van der Waals surface area (Å²) in [6, 6.07) is 2.02. The van der Waals surface area contributed by atoms with Crippen LogP contribution in [0, 0.1) is 18.6 Å². The summed E-state index contributed by atoms with van der Waals surface area (Å²) < 4.78 is 52.2. The average Bonchev–Trinajstić information content (AvgIpc) is 3.04. The third-order valence-corrected chi connectivity index (χ3v) is 8.53. The minimum atomic E-state index is -4.35. The number of nitrogens with one attached hydrogen (secondary N) is 1. The first-order valence-corrected chi connectivity index (χ1v) is 14.1. The van der Waals surface area contributed by atoms with Crippen molar-refractivity contribution in [3.8, 4) is 5.75 Å². The van der Waals surface area contributed by atoms with Gasteiger partial charge in [-0.1, -0.05) is 40.7 Å². The van der Waals surface area contributed by atoms with Crippen LogP contribution in [0.15, 0.2) is 17.1 Å². The lowest BCUT2D eigenvalue weighted by atomic mass is 9.81. The van der Waals surface area contributed by atoms with Gasteiger partial charge < -0.3 is 19.5 Å². The van der Waals surface area contributed by atoms with Crippen LogP contribution in [0.25, 0.3) is 0 Å². The van der Waals surface area contributed by atoms with Gasteiger partial charge in [0.1, 0.15) is 24.6 Å². The van der Waals surface area contributed by atoms with Crippen molar-refractivity contribution < 1.29 is 37.5 Å². The molecule has 1 aromatic heterocycles. The van der Waals surface area contributed by atoms with Gasteiger partial charge >= 0.3 is 7.82 Å². The number of H-pyrrole nitrogens is 1. The molecule has 0 amide bonds. The molecule has 0 saturated carbocycles. The van der Waals surface area contributed by atoms with Gasteiger partial charge in [-0.05, 0) is 48.5 Å². The molecule has 0 radical (unpaired) electrons. The van der Waals surface area contributed by atoms with E-state index in [2.05, 4.69) is 18.8 Å². The van der Waals surface area contributed by atoms with E-state index in [0.29, 0.717) is 5.75 Å². The summed E-state index contributed by atoms with van der Waals surface area (Å²) in [5.41, 5.74) is 3.00. The number of ether oxygens (including phenoxy) is 1. The van der Waals surface area contributed by atoms with Crippen LogP contribution in [-0.4, -0.2) is 44.4 Å². The number of hydrogen-bond acceptors (Lipinski definition) is 9. The number of halogens is 1. The van der Waals surface area contributed by atoms with Crippen LogP contribution in [0.3, 0.4) is 0 Å². The molecule has 13 heteroatoms. The summed E-state index contributed by atoms with van der Waals surface area (Å²) in [6.07, 6.45) is -4.07. The van der Waals surface area contributed by atoms with Gasteiger partial charge in [0.05, 0.1) is 6.61 Å². The van der Waals surface area contributed by atoms with Gasteiger partial charge in [-0.3, -0.25) is 23.4 Å². The number of rotatable bonds is 5. The van der Waals surface area contributed by atoms with Crippen LogP contribution >= 0.6 is 20.0 Å². The first-order chi connectivity index (χ1) is 17.5. The zero-order valence-corrected chi connectivity index (χ0v) is 24.1. The second-order valence-corrected chi connectivity index (χ2v) is 13.1. The third-order valence-electron chi connectivity index (χ3n) is 6.92. The van der Waals surface area contributed by atoms with Gasteiger partial charge in [0, 0.05) is 22.9 Å². The van der Waals surface area contributed by atoms with Crippen LogP contribution in [0.4, 0.5) is 4.39 Å². The van der Waals surface area contributed by atoms with Crippen molar-refractivity contribution in [1.29, 1.82) is 0 Å². The van der Waals surface area contributed by atoms with Crippen LogP contribution in [0.5, 0.6) is 5.75 Å². The standard InChI is InChI=1S/C25H34FN2O8PS/c1-12(2)15-8-17(24(5,6)7)19-16(14(15)4)10-33-37(32,36-19)34-11-25(26)20(30)18(29)22(35-25)28-9-13(3)21(31)27-23(28)38/h8-9,12,18,20,22,29-30H,10-11H2,1-7H3,(H,27,31,38)/t18-,20+,22-,25-,37?/m1/s1. The molecular weight excluding hydrogens is 538 g/mol. The normalized spacial score (nSPS) is 29.4. The zero-order chi connectivity index (χ0) is 28.4. The Morgan fingerprint density at radius 2 is 2.00 bits per heavy atom. The molecule has 3 heterocycles. The monoisotopic (exact) mass is 572 g/mol. The third kappa shape index (κ3) is 5.15. The molecule has 2 aliphatic heterocycles. The summed E-state index contributed by atoms with van der Waals surface area (Å²) in [5, 5.41) is 21.0. The fraction of sp³-hybridized carbons (Fsp3) is 0.600. The average molecular weight is 573 g/mol. The second-order valence-electron chi connectivity index (χ2n) is 11.1. The van der Waals surface area contributed by atoms with Gasteiger partial charge in [-0.25, -0.2) is 8.96 Å². The van der Waals surface area contributed by atoms with Gasteiger partial charge in [-0.15, -0.1) is 0 Å². The van der Waals surface area contributed by atoms with E-state index in [1.54, 1.807) is 0 Å². The fourth-order valence-corrected chi connectivity index (χ4v) is 6.13. The molecule has 4 rings (SSSR count). The molecule has 2 aromatic rings. The summed E-state index contributed by atoms with van der Waals surface area (Å²) in [4.78, 5) is 14.2. The highest BCUT2D eigenvalue weighted by atomic mass is 32.1. The molecule has 1 unspecified atom stereocenters. The van der Waals surface area contributed by atoms with E-state index >= 15 is 4.39 Å². The van der Waals surface area contributed by atoms with E-state index in [4.69, 9.17) is 30.5 Å². The number of aliphatic hydroxyl groups excluding tert-OH is 2. The Kier molecular flexibility index (Phi) is 7.59. The first-order valence-electron chi connectivity index (χ1n) is 12.3. The summed E-state index contributed by atoms with van der Waals surface area (Å²) in [7, 11) is -4.35. The molecule has 210 valence electrons. The number of aliphatic hydroxyl groups is 2. The van der Waals surface area contributed by atoms with E-state index in [9.17, 15) is 19.6 Å². The largest absolute Gasteiger partial charge is 0.530 e. The summed E-state index contributed by atoms with van der Waals surface area (Å²) >= 11 is 5.10. The van der Waals surface area contributed by atoms with E-state index in [1.165, 1.54) is 13.1 Å². The number of fused-ring (bicyclic) bond motifs is 1. The predicted molar refractivity (Wildman–Crippen MR) is 140 cm³/mol. The Balaban J connectivity index is 1.60. The minimum Gasteiger partial charge on any atom is -0.403 e. The van der Waals surface area contributed by atoms with Crippen molar-refractivity contribution in [3.63, 3.8) is 0 Å². The van der Waals surface area contributed by atoms with E-state index in [-0.39, 0.29) is 28.3 Å². The van der Waals surface area contributed by atoms with Crippen LogP contribution in [0.1, 0.15) is 74.6 Å². The Morgan fingerprint density at radius 1 is 1.34 bits per heavy atom. The highest BCUT2D eigenvalue weighted by Gasteiger charge is 2.57. The lowest BCUT2D eigenvalue weighted by molar-refractivity contribution is -0.205.